The van der Waals surface area contributed by atoms with Gasteiger partial charge < -0.3 is 4.74 Å². The van der Waals surface area contributed by atoms with E-state index in [1.807, 2.05) is 0 Å². The lowest BCUT2D eigenvalue weighted by Crippen LogP contribution is -2.05. The lowest BCUT2D eigenvalue weighted by atomic mass is 10.5. The maximum absolute atomic E-state index is 10.7. The van der Waals surface area contributed by atoms with Crippen LogP contribution in [0.25, 0.3) is 0 Å². The molecular formula is C7H11O5Si. The predicted molar refractivity (Wildman–Crippen MR) is 44.3 cm³/mol. The zero-order chi connectivity index (χ0) is 9.94. The first-order valence-corrected chi connectivity index (χ1v) is 4.13. The molecule has 0 unspecified atom stereocenters. The van der Waals surface area contributed by atoms with Gasteiger partial charge >= 0.3 is 16.5 Å². The standard InChI is InChI=1S/C7H11O5Si/c1-2-4-7(8)9-5-3-6-10-11-12-13/h2,4H,3,5-6H2,1H3. The Morgan fingerprint density at radius 1 is 1.46 bits per heavy atom. The van der Waals surface area contributed by atoms with E-state index in [1.165, 1.54) is 6.08 Å². The average Bonchev–Trinajstić information content (AvgIpc) is 2.11. The summed E-state index contributed by atoms with van der Waals surface area (Å²) in [7, 11) is 2.56. The smallest absolute Gasteiger partial charge is 0.330 e. The maximum Gasteiger partial charge on any atom is 0.330 e. The number of esters is 1. The zero-order valence-electron chi connectivity index (χ0n) is 7.32. The van der Waals surface area contributed by atoms with Gasteiger partial charge in [0.15, 0.2) is 0 Å². The van der Waals surface area contributed by atoms with E-state index in [0.29, 0.717) is 6.42 Å². The second-order valence-electron chi connectivity index (χ2n) is 1.99. The minimum Gasteiger partial charge on any atom is -0.462 e. The third kappa shape index (κ3) is 9.22. The Hall–Kier alpha value is -0.693. The highest BCUT2D eigenvalue weighted by molar-refractivity contribution is 5.97. The van der Waals surface area contributed by atoms with Gasteiger partial charge in [0.25, 0.3) is 0 Å². The third-order valence-corrected chi connectivity index (χ3v) is 1.07. The van der Waals surface area contributed by atoms with Crippen molar-refractivity contribution in [1.82, 2.24) is 0 Å². The second-order valence-corrected chi connectivity index (χ2v) is 2.16. The van der Waals surface area contributed by atoms with Crippen molar-refractivity contribution >= 4 is 16.5 Å². The number of hydrogen-bond acceptors (Lipinski definition) is 5. The minimum absolute atomic E-state index is 0.285. The van der Waals surface area contributed by atoms with Crippen LogP contribution in [0.3, 0.4) is 0 Å². The molecule has 6 heteroatoms. The van der Waals surface area contributed by atoms with Gasteiger partial charge in [0, 0.05) is 12.5 Å². The molecule has 0 bridgehead atoms. The molecule has 0 amide bonds. The SMILES string of the molecule is CC=CC(=O)OCCCOOO[Si]. The minimum atomic E-state index is -0.361. The molecule has 0 heterocycles. The number of carbonyl (C=O) groups excluding carboxylic acids is 1. The van der Waals surface area contributed by atoms with Crippen LogP contribution in [0.1, 0.15) is 13.3 Å². The van der Waals surface area contributed by atoms with Crippen molar-refractivity contribution < 1.29 is 24.0 Å². The number of ether oxygens (including phenoxy) is 1. The van der Waals surface area contributed by atoms with Crippen molar-refractivity contribution in [3.05, 3.63) is 12.2 Å². The van der Waals surface area contributed by atoms with Crippen molar-refractivity contribution in [2.45, 2.75) is 13.3 Å². The Bertz CT molecular complexity index is 159. The molecule has 0 saturated carbocycles. The van der Waals surface area contributed by atoms with Crippen molar-refractivity contribution in [3.63, 3.8) is 0 Å². The molecular weight excluding hydrogens is 192 g/mol. The topological polar surface area (TPSA) is 54.0 Å². The van der Waals surface area contributed by atoms with Gasteiger partial charge in [-0.05, 0) is 6.92 Å². The molecule has 3 radical (unpaired) electrons. The largest absolute Gasteiger partial charge is 0.462 e. The summed E-state index contributed by atoms with van der Waals surface area (Å²) in [4.78, 5) is 15.2. The summed E-state index contributed by atoms with van der Waals surface area (Å²) in [5.74, 6) is -0.361. The molecule has 0 spiro atoms. The highest BCUT2D eigenvalue weighted by Crippen LogP contribution is 1.88. The number of hydrogen-bond donors (Lipinski definition) is 0. The van der Waals surface area contributed by atoms with Crippen molar-refractivity contribution in [2.24, 2.45) is 0 Å². The molecule has 73 valence electrons. The van der Waals surface area contributed by atoms with Crippen LogP contribution in [0.5, 0.6) is 0 Å². The van der Waals surface area contributed by atoms with Gasteiger partial charge in [0.2, 0.25) is 0 Å². The molecule has 0 aromatic rings. The summed E-state index contributed by atoms with van der Waals surface area (Å²) < 4.78 is 8.72. The number of rotatable bonds is 7. The Balaban J connectivity index is 3.11. The monoisotopic (exact) mass is 203 g/mol. The van der Waals surface area contributed by atoms with E-state index in [-0.39, 0.29) is 19.2 Å². The summed E-state index contributed by atoms with van der Waals surface area (Å²) in [6.07, 6.45) is 3.50. The molecule has 0 aromatic heterocycles. The first kappa shape index (κ1) is 12.3. The van der Waals surface area contributed by atoms with Crippen molar-refractivity contribution in [1.29, 1.82) is 0 Å². The van der Waals surface area contributed by atoms with Crippen molar-refractivity contribution in [3.8, 4) is 0 Å². The van der Waals surface area contributed by atoms with Crippen LogP contribution in [-0.2, 0) is 24.0 Å². The Morgan fingerprint density at radius 2 is 2.23 bits per heavy atom. The van der Waals surface area contributed by atoms with E-state index >= 15 is 0 Å². The summed E-state index contributed by atoms with van der Waals surface area (Å²) >= 11 is 0. The van der Waals surface area contributed by atoms with Crippen LogP contribution >= 0.6 is 0 Å². The lowest BCUT2D eigenvalue weighted by Gasteiger charge is -2.01. The van der Waals surface area contributed by atoms with Gasteiger partial charge in [0.05, 0.1) is 13.2 Å². The molecule has 0 aliphatic rings. The quantitative estimate of drug-likeness (QED) is 0.150. The highest BCUT2D eigenvalue weighted by Gasteiger charge is 1.95. The van der Waals surface area contributed by atoms with Crippen LogP contribution in [0, 0.1) is 0 Å². The van der Waals surface area contributed by atoms with E-state index in [0.717, 1.165) is 0 Å². The van der Waals surface area contributed by atoms with Crippen LogP contribution in [0.15, 0.2) is 12.2 Å². The molecule has 0 atom stereocenters. The molecule has 0 aliphatic carbocycles. The van der Waals surface area contributed by atoms with Crippen LogP contribution in [0.2, 0.25) is 0 Å². The van der Waals surface area contributed by atoms with E-state index in [9.17, 15) is 4.79 Å². The predicted octanol–water partition coefficient (Wildman–Crippen LogP) is 0.459. The Kier molecular flexibility index (Phi) is 8.89. The summed E-state index contributed by atoms with van der Waals surface area (Å²) in [5.41, 5.74) is 0. The first-order valence-electron chi connectivity index (χ1n) is 3.72. The Labute approximate surface area is 80.0 Å². The van der Waals surface area contributed by atoms with Crippen LogP contribution in [-0.4, -0.2) is 29.7 Å². The molecule has 0 rings (SSSR count). The first-order chi connectivity index (χ1) is 6.31. The summed E-state index contributed by atoms with van der Waals surface area (Å²) in [6.45, 7) is 2.31. The van der Waals surface area contributed by atoms with Gasteiger partial charge in [-0.3, -0.25) is 4.58 Å². The molecule has 0 aromatic carbocycles. The molecule has 0 fully saturated rings. The highest BCUT2D eigenvalue weighted by atomic mass is 28.2. The van der Waals surface area contributed by atoms with E-state index in [2.05, 4.69) is 25.0 Å². The number of carbonyl (C=O) groups is 1. The average molecular weight is 203 g/mol. The fourth-order valence-corrected chi connectivity index (χ4v) is 0.581. The molecule has 0 N–H and O–H groups in total. The normalized spacial score (nSPS) is 10.6. The van der Waals surface area contributed by atoms with Gasteiger partial charge in [0.1, 0.15) is 0 Å². The zero-order valence-corrected chi connectivity index (χ0v) is 8.32. The van der Waals surface area contributed by atoms with Crippen molar-refractivity contribution in [2.75, 3.05) is 13.2 Å². The number of allylic oxidation sites excluding steroid dienone is 1. The molecule has 13 heavy (non-hydrogen) atoms. The van der Waals surface area contributed by atoms with Gasteiger partial charge in [-0.25, -0.2) is 9.68 Å². The molecule has 0 aliphatic heterocycles. The van der Waals surface area contributed by atoms with Gasteiger partial charge in [-0.15, -0.1) is 0 Å². The fraction of sp³-hybridized carbons (Fsp3) is 0.571. The van der Waals surface area contributed by atoms with E-state index in [4.69, 9.17) is 4.74 Å². The molecule has 5 nitrogen and oxygen atoms in total. The summed E-state index contributed by atoms with van der Waals surface area (Å²) in [5, 5.41) is 4.05. The maximum atomic E-state index is 10.7. The van der Waals surface area contributed by atoms with Crippen LogP contribution in [0.4, 0.5) is 0 Å². The third-order valence-electron chi connectivity index (χ3n) is 1.00. The lowest BCUT2D eigenvalue weighted by molar-refractivity contribution is -0.467. The molecule has 0 saturated heterocycles. The van der Waals surface area contributed by atoms with Gasteiger partial charge in [-0.1, -0.05) is 11.1 Å². The summed E-state index contributed by atoms with van der Waals surface area (Å²) in [6, 6.07) is 0. The van der Waals surface area contributed by atoms with Crippen LogP contribution < -0.4 is 0 Å². The van der Waals surface area contributed by atoms with Gasteiger partial charge in [-0.2, -0.15) is 0 Å². The van der Waals surface area contributed by atoms with E-state index in [1.54, 1.807) is 13.0 Å². The Morgan fingerprint density at radius 3 is 2.85 bits per heavy atom. The van der Waals surface area contributed by atoms with E-state index < -0.39 is 0 Å². The fourth-order valence-electron chi connectivity index (χ4n) is 0.533. The second kappa shape index (κ2) is 9.40.